The highest BCUT2D eigenvalue weighted by atomic mass is 32.1. The maximum atomic E-state index is 9.73. The fraction of sp³-hybridized carbons (Fsp3) is 0.222. The van der Waals surface area contributed by atoms with Crippen LogP contribution >= 0.6 is 11.3 Å². The minimum atomic E-state index is 0.108. The third kappa shape index (κ3) is 8.01. The lowest BCUT2D eigenvalue weighted by atomic mass is 9.99. The Morgan fingerprint density at radius 1 is 0.773 bits per heavy atom. The van der Waals surface area contributed by atoms with Crippen molar-refractivity contribution in [1.82, 2.24) is 0 Å². The van der Waals surface area contributed by atoms with Crippen LogP contribution in [0.4, 0.5) is 22.7 Å². The van der Waals surface area contributed by atoms with Crippen LogP contribution in [0.2, 0.25) is 0 Å². The van der Waals surface area contributed by atoms with E-state index in [1.165, 1.54) is 0 Å². The van der Waals surface area contributed by atoms with Gasteiger partial charge in [-0.25, -0.2) is 0 Å². The third-order valence-corrected chi connectivity index (χ3v) is 8.36. The molecule has 0 aliphatic heterocycles. The first kappa shape index (κ1) is 31.7. The number of likely N-dealkylation sites (N-methyl/N-ethyl adjacent to an activating group) is 1. The van der Waals surface area contributed by atoms with Crippen LogP contribution < -0.4 is 26.0 Å². The molecule has 0 bridgehead atoms. The van der Waals surface area contributed by atoms with E-state index in [1.807, 2.05) is 24.3 Å². The molecule has 0 amide bonds. The molecule has 0 saturated carbocycles. The summed E-state index contributed by atoms with van der Waals surface area (Å²) in [6, 6.07) is 29.9. The van der Waals surface area contributed by atoms with Crippen LogP contribution in [-0.2, 0) is 0 Å². The minimum absolute atomic E-state index is 0.108. The fourth-order valence-electron chi connectivity index (χ4n) is 5.00. The Morgan fingerprint density at radius 3 is 1.95 bits per heavy atom. The first-order valence-corrected chi connectivity index (χ1v) is 15.5. The predicted octanol–water partition coefficient (Wildman–Crippen LogP) is 7.68. The van der Waals surface area contributed by atoms with Gasteiger partial charge in [-0.1, -0.05) is 30.3 Å². The van der Waals surface area contributed by atoms with Gasteiger partial charge in [-0.05, 0) is 80.4 Å². The van der Waals surface area contributed by atoms with Crippen molar-refractivity contribution in [2.75, 3.05) is 54.1 Å². The second kappa shape index (κ2) is 15.3. The van der Waals surface area contributed by atoms with Crippen molar-refractivity contribution in [3.63, 3.8) is 0 Å². The molecule has 4 N–H and O–H groups in total. The van der Waals surface area contributed by atoms with Crippen molar-refractivity contribution in [2.24, 2.45) is 0 Å². The second-order valence-corrected chi connectivity index (χ2v) is 11.2. The highest BCUT2D eigenvalue weighted by Gasteiger charge is 2.15. The van der Waals surface area contributed by atoms with Gasteiger partial charge in [0.1, 0.15) is 30.1 Å². The summed E-state index contributed by atoms with van der Waals surface area (Å²) in [7, 11) is 0. The Morgan fingerprint density at radius 2 is 1.36 bits per heavy atom. The molecule has 4 aromatic rings. The topological polar surface area (TPSA) is 115 Å². The van der Waals surface area contributed by atoms with Gasteiger partial charge in [0.15, 0.2) is 0 Å². The Hall–Kier alpha value is -5.18. The van der Waals surface area contributed by atoms with E-state index in [1.54, 1.807) is 29.5 Å². The van der Waals surface area contributed by atoms with Crippen molar-refractivity contribution < 1.29 is 4.74 Å². The Labute approximate surface area is 264 Å². The van der Waals surface area contributed by atoms with Crippen molar-refractivity contribution >= 4 is 51.8 Å². The molecule has 8 heteroatoms. The number of rotatable bonds is 13. The number of hydrogen-bond acceptors (Lipinski definition) is 8. The second-order valence-electron chi connectivity index (χ2n) is 10.1. The molecule has 224 valence electrons. The fourth-order valence-corrected chi connectivity index (χ4v) is 5.98. The van der Waals surface area contributed by atoms with Crippen LogP contribution in [0.3, 0.4) is 0 Å². The minimum Gasteiger partial charge on any atom is -0.492 e. The predicted molar refractivity (Wildman–Crippen MR) is 186 cm³/mol. The number of ether oxygens (including phenoxy) is 1. The first-order valence-electron chi connectivity index (χ1n) is 14.7. The maximum absolute atomic E-state index is 9.73. The number of anilines is 4. The zero-order valence-corrected chi connectivity index (χ0v) is 26.3. The Kier molecular flexibility index (Phi) is 11.1. The summed E-state index contributed by atoms with van der Waals surface area (Å²) in [6.45, 7) is 10.3. The van der Waals surface area contributed by atoms with E-state index in [9.17, 15) is 10.5 Å². The van der Waals surface area contributed by atoms with E-state index < -0.39 is 0 Å². The summed E-state index contributed by atoms with van der Waals surface area (Å²) in [6.07, 6.45) is 4.13. The summed E-state index contributed by atoms with van der Waals surface area (Å²) in [5.41, 5.74) is 17.8. The number of thiophene rings is 1. The van der Waals surface area contributed by atoms with E-state index in [0.717, 1.165) is 58.4 Å². The molecule has 3 aromatic carbocycles. The molecule has 0 aliphatic rings. The lowest BCUT2D eigenvalue weighted by Gasteiger charge is -2.23. The average Bonchev–Trinajstić information content (AvgIpc) is 3.50. The lowest BCUT2D eigenvalue weighted by molar-refractivity contribution is 0.324. The third-order valence-electron chi connectivity index (χ3n) is 7.29. The number of nitrogen functional groups attached to an aromatic ring is 2. The Bertz CT molecular complexity index is 1650. The summed E-state index contributed by atoms with van der Waals surface area (Å²) in [5, 5.41) is 19.5. The van der Waals surface area contributed by atoms with E-state index in [0.29, 0.717) is 29.3 Å². The molecular formula is C36H38N6OS. The van der Waals surface area contributed by atoms with Crippen LogP contribution in [0.15, 0.2) is 84.4 Å². The van der Waals surface area contributed by atoms with E-state index in [-0.39, 0.29) is 5.57 Å². The quantitative estimate of drug-likeness (QED) is 0.119. The Balaban J connectivity index is 1.44. The van der Waals surface area contributed by atoms with Gasteiger partial charge in [0.2, 0.25) is 0 Å². The molecule has 4 rings (SSSR count). The standard InChI is InChI=1S/C36H38N6OS/c1-4-41(5-2)31-14-10-27(11-15-31)36(28(24-37)25-38)35-18-17-34(44-35)16-9-26-7-12-32(13-8-26)42(6-3)19-20-43-33-22-29(39)21-30(40)23-33/h7-18,21-23H,4-6,19-20,39-40H2,1-3H3/b16-9+. The van der Waals surface area contributed by atoms with Gasteiger partial charge >= 0.3 is 0 Å². The number of benzene rings is 3. The number of hydrogen-bond donors (Lipinski definition) is 2. The molecule has 0 aliphatic carbocycles. The molecule has 1 aromatic heterocycles. The van der Waals surface area contributed by atoms with Gasteiger partial charge < -0.3 is 26.0 Å². The molecule has 7 nitrogen and oxygen atoms in total. The number of nitrogens with zero attached hydrogens (tertiary/aromatic N) is 4. The molecular weight excluding hydrogens is 565 g/mol. The van der Waals surface area contributed by atoms with Crippen LogP contribution in [0.1, 0.15) is 41.7 Å². The normalized spacial score (nSPS) is 10.7. The first-order chi connectivity index (χ1) is 21.4. The van der Waals surface area contributed by atoms with Crippen molar-refractivity contribution in [2.45, 2.75) is 20.8 Å². The number of nitriles is 2. The highest BCUT2D eigenvalue weighted by Crippen LogP contribution is 2.34. The zero-order chi connectivity index (χ0) is 31.5. The maximum Gasteiger partial charge on any atom is 0.138 e. The van der Waals surface area contributed by atoms with Crippen LogP contribution in [0, 0.1) is 22.7 Å². The molecule has 0 saturated heterocycles. The van der Waals surface area contributed by atoms with Gasteiger partial charge in [-0.15, -0.1) is 11.3 Å². The van der Waals surface area contributed by atoms with Gasteiger partial charge in [0.05, 0.1) is 6.54 Å². The van der Waals surface area contributed by atoms with Crippen LogP contribution in [-0.4, -0.2) is 32.8 Å². The van der Waals surface area contributed by atoms with E-state index >= 15 is 0 Å². The van der Waals surface area contributed by atoms with Gasteiger partial charge in [0.25, 0.3) is 0 Å². The summed E-state index contributed by atoms with van der Waals surface area (Å²) >= 11 is 1.56. The van der Waals surface area contributed by atoms with E-state index in [2.05, 4.69) is 91.3 Å². The SMILES string of the molecule is CCN(CC)c1ccc(C(=C(C#N)C#N)c2ccc(/C=C/c3ccc(N(CC)CCOc4cc(N)cc(N)c4)cc3)s2)cc1. The largest absolute Gasteiger partial charge is 0.492 e. The smallest absolute Gasteiger partial charge is 0.138 e. The molecule has 0 unspecified atom stereocenters. The summed E-state index contributed by atoms with van der Waals surface area (Å²) in [5.74, 6) is 0.669. The molecule has 1 heterocycles. The summed E-state index contributed by atoms with van der Waals surface area (Å²) in [4.78, 5) is 6.43. The summed E-state index contributed by atoms with van der Waals surface area (Å²) < 4.78 is 5.88. The molecule has 44 heavy (non-hydrogen) atoms. The monoisotopic (exact) mass is 602 g/mol. The van der Waals surface area contributed by atoms with Crippen molar-refractivity contribution in [3.8, 4) is 17.9 Å². The van der Waals surface area contributed by atoms with Crippen molar-refractivity contribution in [1.29, 1.82) is 10.5 Å². The molecule has 0 spiro atoms. The number of allylic oxidation sites excluding steroid dienone is 1. The van der Waals surface area contributed by atoms with Gasteiger partial charge in [-0.3, -0.25) is 0 Å². The van der Waals surface area contributed by atoms with Crippen LogP contribution in [0.5, 0.6) is 5.75 Å². The molecule has 0 radical (unpaired) electrons. The van der Waals surface area contributed by atoms with E-state index in [4.69, 9.17) is 16.2 Å². The zero-order valence-electron chi connectivity index (χ0n) is 25.5. The lowest BCUT2D eigenvalue weighted by Crippen LogP contribution is -2.28. The van der Waals surface area contributed by atoms with Crippen LogP contribution in [0.25, 0.3) is 17.7 Å². The molecule has 0 atom stereocenters. The highest BCUT2D eigenvalue weighted by molar-refractivity contribution is 7.14. The average molecular weight is 603 g/mol. The number of nitrogens with two attached hydrogens (primary N) is 2. The molecule has 0 fully saturated rings. The van der Waals surface area contributed by atoms with Gasteiger partial charge in [0, 0.05) is 69.8 Å². The van der Waals surface area contributed by atoms with Crippen molar-refractivity contribution in [3.05, 3.63) is 105 Å². The van der Waals surface area contributed by atoms with Gasteiger partial charge in [-0.2, -0.15) is 10.5 Å².